The van der Waals surface area contributed by atoms with Crippen LogP contribution in [0.1, 0.15) is 90.3 Å². The van der Waals surface area contributed by atoms with Crippen LogP contribution >= 0.6 is 0 Å². The Balaban J connectivity index is 0. The first-order valence-electron chi connectivity index (χ1n) is 10.9. The molecule has 158 valence electrons. The summed E-state index contributed by atoms with van der Waals surface area (Å²) in [6.45, 7) is 17.2. The van der Waals surface area contributed by atoms with E-state index >= 15 is 0 Å². The summed E-state index contributed by atoms with van der Waals surface area (Å²) in [6, 6.07) is 15.6. The standard InChI is InChI=1S/C12H16.C7H8O.2C4H10/c1-4-11(5-2)12-9-7-6-8-10(12)3;1-6-2-4-7(8)5-3-6;2*1-3-4-2/h4,6-9H,5H2,1-3H3;2-5,8H,1H3;2*3-4H2,1-2H3/b11-4-;;;. The molecular weight excluding hydrogens is 340 g/mol. The molecule has 0 heterocycles. The summed E-state index contributed by atoms with van der Waals surface area (Å²) in [5, 5.41) is 8.76. The van der Waals surface area contributed by atoms with Gasteiger partial charge in [-0.15, -0.1) is 0 Å². The van der Waals surface area contributed by atoms with Crippen molar-refractivity contribution >= 4 is 5.57 Å². The van der Waals surface area contributed by atoms with E-state index in [2.05, 4.69) is 78.8 Å². The number of phenols is 1. The third-order valence-corrected chi connectivity index (χ3v) is 4.25. The van der Waals surface area contributed by atoms with Gasteiger partial charge in [0.1, 0.15) is 5.75 Å². The van der Waals surface area contributed by atoms with Crippen LogP contribution in [0.25, 0.3) is 5.57 Å². The molecule has 0 fully saturated rings. The van der Waals surface area contributed by atoms with Crippen molar-refractivity contribution in [2.75, 3.05) is 0 Å². The average Bonchev–Trinajstić information content (AvgIpc) is 2.73. The van der Waals surface area contributed by atoms with Crippen LogP contribution in [0.3, 0.4) is 0 Å². The summed E-state index contributed by atoms with van der Waals surface area (Å²) < 4.78 is 0. The van der Waals surface area contributed by atoms with Crippen molar-refractivity contribution in [3.8, 4) is 5.75 Å². The molecule has 0 unspecified atom stereocenters. The molecule has 0 atom stereocenters. The zero-order valence-corrected chi connectivity index (χ0v) is 19.7. The quantitative estimate of drug-likeness (QED) is 0.557. The molecule has 0 aliphatic rings. The van der Waals surface area contributed by atoms with Gasteiger partial charge in [0.2, 0.25) is 0 Å². The molecule has 0 radical (unpaired) electrons. The maximum Gasteiger partial charge on any atom is 0.115 e. The molecule has 2 aromatic carbocycles. The second kappa shape index (κ2) is 19.7. The van der Waals surface area contributed by atoms with Crippen LogP contribution in [-0.4, -0.2) is 5.11 Å². The highest BCUT2D eigenvalue weighted by molar-refractivity contribution is 5.67. The lowest BCUT2D eigenvalue weighted by molar-refractivity contribution is 0.475. The fourth-order valence-electron chi connectivity index (χ4n) is 2.03. The fraction of sp³-hybridized carbons (Fsp3) is 0.481. The van der Waals surface area contributed by atoms with Gasteiger partial charge in [-0.2, -0.15) is 0 Å². The van der Waals surface area contributed by atoms with Gasteiger partial charge in [0.15, 0.2) is 0 Å². The number of benzene rings is 2. The maximum absolute atomic E-state index is 8.76. The van der Waals surface area contributed by atoms with E-state index in [1.165, 1.54) is 47.9 Å². The van der Waals surface area contributed by atoms with Gasteiger partial charge in [-0.25, -0.2) is 0 Å². The number of unbranched alkanes of at least 4 members (excludes halogenated alkanes) is 2. The number of aryl methyl sites for hydroxylation is 2. The zero-order chi connectivity index (χ0) is 21.8. The van der Waals surface area contributed by atoms with Crippen molar-refractivity contribution in [2.45, 2.75) is 87.5 Å². The molecule has 28 heavy (non-hydrogen) atoms. The maximum atomic E-state index is 8.76. The molecular formula is C27H44O. The van der Waals surface area contributed by atoms with E-state index in [4.69, 9.17) is 5.11 Å². The lowest BCUT2D eigenvalue weighted by atomic mass is 9.99. The highest BCUT2D eigenvalue weighted by Crippen LogP contribution is 2.20. The highest BCUT2D eigenvalue weighted by atomic mass is 16.3. The molecule has 1 nitrogen and oxygen atoms in total. The van der Waals surface area contributed by atoms with Gasteiger partial charge in [0, 0.05) is 0 Å². The summed E-state index contributed by atoms with van der Waals surface area (Å²) in [4.78, 5) is 0. The van der Waals surface area contributed by atoms with Gasteiger partial charge in [0.25, 0.3) is 0 Å². The molecule has 0 bridgehead atoms. The molecule has 0 amide bonds. The van der Waals surface area contributed by atoms with E-state index in [1.54, 1.807) is 12.1 Å². The largest absolute Gasteiger partial charge is 0.508 e. The first-order chi connectivity index (χ1) is 13.4. The Morgan fingerprint density at radius 1 is 0.750 bits per heavy atom. The van der Waals surface area contributed by atoms with E-state index in [0.717, 1.165) is 6.42 Å². The lowest BCUT2D eigenvalue weighted by Crippen LogP contribution is -1.86. The Labute approximate surface area is 175 Å². The first-order valence-corrected chi connectivity index (χ1v) is 10.9. The Kier molecular flexibility index (Phi) is 19.9. The van der Waals surface area contributed by atoms with E-state index in [-0.39, 0.29) is 0 Å². The lowest BCUT2D eigenvalue weighted by Gasteiger charge is -2.07. The van der Waals surface area contributed by atoms with Crippen molar-refractivity contribution in [3.63, 3.8) is 0 Å². The van der Waals surface area contributed by atoms with Crippen LogP contribution in [0.4, 0.5) is 0 Å². The zero-order valence-electron chi connectivity index (χ0n) is 19.7. The normalized spacial score (nSPS) is 9.79. The van der Waals surface area contributed by atoms with E-state index in [1.807, 2.05) is 19.1 Å². The van der Waals surface area contributed by atoms with Crippen molar-refractivity contribution in [2.24, 2.45) is 0 Å². The average molecular weight is 385 g/mol. The van der Waals surface area contributed by atoms with E-state index < -0.39 is 0 Å². The molecule has 1 N–H and O–H groups in total. The highest BCUT2D eigenvalue weighted by Gasteiger charge is 1.99. The van der Waals surface area contributed by atoms with Crippen molar-refractivity contribution in [1.82, 2.24) is 0 Å². The summed E-state index contributed by atoms with van der Waals surface area (Å²) in [5.74, 6) is 0.329. The van der Waals surface area contributed by atoms with Gasteiger partial charge in [0.05, 0.1) is 0 Å². The number of allylic oxidation sites excluding steroid dienone is 2. The predicted octanol–water partition coefficient (Wildman–Crippen LogP) is 9.12. The SMILES string of the molecule is C/C=C(/CC)c1ccccc1C.CCCC.CCCC.Cc1ccc(O)cc1. The van der Waals surface area contributed by atoms with Crippen LogP contribution < -0.4 is 0 Å². The Morgan fingerprint density at radius 2 is 1.21 bits per heavy atom. The minimum Gasteiger partial charge on any atom is -0.508 e. The summed E-state index contributed by atoms with van der Waals surface area (Å²) in [6.07, 6.45) is 8.59. The molecule has 0 saturated heterocycles. The van der Waals surface area contributed by atoms with Crippen molar-refractivity contribution in [3.05, 3.63) is 71.3 Å². The third kappa shape index (κ3) is 15.1. The van der Waals surface area contributed by atoms with Crippen LogP contribution in [0.5, 0.6) is 5.75 Å². The van der Waals surface area contributed by atoms with Crippen molar-refractivity contribution in [1.29, 1.82) is 0 Å². The van der Waals surface area contributed by atoms with Gasteiger partial charge in [-0.05, 0) is 56.0 Å². The number of hydrogen-bond donors (Lipinski definition) is 1. The molecule has 2 aromatic rings. The minimum atomic E-state index is 0.329. The van der Waals surface area contributed by atoms with E-state index in [9.17, 15) is 0 Å². The topological polar surface area (TPSA) is 20.2 Å². The summed E-state index contributed by atoms with van der Waals surface area (Å²) in [5.41, 5.74) is 5.37. The van der Waals surface area contributed by atoms with Crippen LogP contribution in [0.2, 0.25) is 0 Å². The molecule has 0 saturated carbocycles. The molecule has 0 aliphatic carbocycles. The Bertz CT molecular complexity index is 579. The number of rotatable bonds is 4. The minimum absolute atomic E-state index is 0.329. The van der Waals surface area contributed by atoms with Gasteiger partial charge < -0.3 is 5.11 Å². The first kappa shape index (κ1) is 28.2. The molecule has 0 spiro atoms. The van der Waals surface area contributed by atoms with E-state index in [0.29, 0.717) is 5.75 Å². The van der Waals surface area contributed by atoms with Gasteiger partial charge in [-0.3, -0.25) is 0 Å². The summed E-state index contributed by atoms with van der Waals surface area (Å²) >= 11 is 0. The Hall–Kier alpha value is -2.02. The second-order valence-corrected chi connectivity index (χ2v) is 6.82. The molecule has 2 rings (SSSR count). The molecule has 0 aromatic heterocycles. The Morgan fingerprint density at radius 3 is 1.54 bits per heavy atom. The summed E-state index contributed by atoms with van der Waals surface area (Å²) in [7, 11) is 0. The van der Waals surface area contributed by atoms with Crippen molar-refractivity contribution < 1.29 is 5.11 Å². The number of aromatic hydroxyl groups is 1. The molecule has 1 heteroatoms. The van der Waals surface area contributed by atoms with Crippen LogP contribution in [0, 0.1) is 13.8 Å². The smallest absolute Gasteiger partial charge is 0.115 e. The monoisotopic (exact) mass is 384 g/mol. The number of phenolic OH excluding ortho intramolecular Hbond substituents is 1. The predicted molar refractivity (Wildman–Crippen MR) is 129 cm³/mol. The van der Waals surface area contributed by atoms with Gasteiger partial charge in [-0.1, -0.05) is 108 Å². The fourth-order valence-corrected chi connectivity index (χ4v) is 2.03. The molecule has 0 aliphatic heterocycles. The third-order valence-electron chi connectivity index (χ3n) is 4.25. The second-order valence-electron chi connectivity index (χ2n) is 6.82. The van der Waals surface area contributed by atoms with Crippen LogP contribution in [0.15, 0.2) is 54.6 Å². The number of hydrogen-bond acceptors (Lipinski definition) is 1. The van der Waals surface area contributed by atoms with Gasteiger partial charge >= 0.3 is 0 Å². The van der Waals surface area contributed by atoms with Crippen LogP contribution in [-0.2, 0) is 0 Å².